The zero-order valence-corrected chi connectivity index (χ0v) is 7.27. The highest BCUT2D eigenvalue weighted by Gasteiger charge is 1.99. The molecule has 0 heterocycles. The number of benzene rings is 1. The smallest absolute Gasteiger partial charge is 0.150 e. The monoisotopic (exact) mass is 216 g/mol. The number of hydrogen-bond acceptors (Lipinski definition) is 1. The number of rotatable bonds is 2. The topological polar surface area (TPSA) is 17.1 Å². The molecule has 0 aliphatic rings. The molecule has 11 heavy (non-hydrogen) atoms. The summed E-state index contributed by atoms with van der Waals surface area (Å²) in [4.78, 5) is 10.2. The van der Waals surface area contributed by atoms with Crippen molar-refractivity contribution in [3.05, 3.63) is 33.8 Å². The second-order valence-corrected chi connectivity index (χ2v) is 2.96. The summed E-state index contributed by atoms with van der Waals surface area (Å²) in [6.45, 7) is -0.514. The zero-order valence-electron chi connectivity index (χ0n) is 5.68. The lowest BCUT2D eigenvalue weighted by Crippen LogP contribution is -1.84. The number of hydrogen-bond donors (Lipinski definition) is 0. The molecule has 0 unspecified atom stereocenters. The van der Waals surface area contributed by atoms with E-state index in [0.717, 1.165) is 6.29 Å². The maximum atomic E-state index is 12.1. The predicted molar refractivity (Wildman–Crippen MR) is 44.3 cm³/mol. The van der Waals surface area contributed by atoms with Gasteiger partial charge in [0.2, 0.25) is 0 Å². The average molecular weight is 217 g/mol. The molecule has 0 radical (unpaired) electrons. The maximum absolute atomic E-state index is 12.1. The molecular formula is C8H6BrFO. The molecule has 0 aliphatic carbocycles. The van der Waals surface area contributed by atoms with Crippen LogP contribution in [0.5, 0.6) is 0 Å². The third-order valence-electron chi connectivity index (χ3n) is 1.36. The van der Waals surface area contributed by atoms with Crippen LogP contribution >= 0.6 is 15.9 Å². The van der Waals surface area contributed by atoms with Gasteiger partial charge in [-0.1, -0.05) is 28.1 Å². The first-order chi connectivity index (χ1) is 5.27. The summed E-state index contributed by atoms with van der Waals surface area (Å²) in [5, 5.41) is 0. The lowest BCUT2D eigenvalue weighted by Gasteiger charge is -1.98. The van der Waals surface area contributed by atoms with Gasteiger partial charge in [-0.3, -0.25) is 4.79 Å². The van der Waals surface area contributed by atoms with Crippen molar-refractivity contribution in [3.8, 4) is 0 Å². The SMILES string of the molecule is O=Cc1ccc(CF)c(Br)c1. The van der Waals surface area contributed by atoms with E-state index in [0.29, 0.717) is 15.6 Å². The van der Waals surface area contributed by atoms with Crippen molar-refractivity contribution in [2.75, 3.05) is 0 Å². The van der Waals surface area contributed by atoms with E-state index in [-0.39, 0.29) is 0 Å². The molecule has 1 aromatic carbocycles. The summed E-state index contributed by atoms with van der Waals surface area (Å²) < 4.78 is 12.7. The van der Waals surface area contributed by atoms with Gasteiger partial charge in [0.25, 0.3) is 0 Å². The second kappa shape index (κ2) is 3.62. The van der Waals surface area contributed by atoms with Crippen molar-refractivity contribution in [3.63, 3.8) is 0 Å². The van der Waals surface area contributed by atoms with E-state index < -0.39 is 6.67 Å². The van der Waals surface area contributed by atoms with E-state index in [1.807, 2.05) is 0 Å². The van der Waals surface area contributed by atoms with Crippen molar-refractivity contribution in [2.24, 2.45) is 0 Å². The Hall–Kier alpha value is -0.700. The first-order valence-corrected chi connectivity index (χ1v) is 3.87. The first kappa shape index (κ1) is 8.40. The molecule has 0 saturated heterocycles. The summed E-state index contributed by atoms with van der Waals surface area (Å²) in [7, 11) is 0. The van der Waals surface area contributed by atoms with E-state index in [4.69, 9.17) is 0 Å². The number of halogens is 2. The highest BCUT2D eigenvalue weighted by atomic mass is 79.9. The van der Waals surface area contributed by atoms with E-state index in [2.05, 4.69) is 15.9 Å². The van der Waals surface area contributed by atoms with Gasteiger partial charge in [-0.05, 0) is 11.6 Å². The fraction of sp³-hybridized carbons (Fsp3) is 0.125. The Balaban J connectivity index is 3.09. The number of carbonyl (C=O) groups excluding carboxylic acids is 1. The molecule has 0 aliphatic heterocycles. The van der Waals surface area contributed by atoms with Gasteiger partial charge in [0.1, 0.15) is 13.0 Å². The predicted octanol–water partition coefficient (Wildman–Crippen LogP) is 2.73. The molecule has 58 valence electrons. The molecule has 0 bridgehead atoms. The Morgan fingerprint density at radius 2 is 2.27 bits per heavy atom. The van der Waals surface area contributed by atoms with Crippen LogP contribution in [-0.4, -0.2) is 6.29 Å². The Morgan fingerprint density at radius 3 is 2.73 bits per heavy atom. The third kappa shape index (κ3) is 1.87. The van der Waals surface area contributed by atoms with Crippen LogP contribution in [0.25, 0.3) is 0 Å². The molecule has 0 aromatic heterocycles. The van der Waals surface area contributed by atoms with Crippen molar-refractivity contribution in [1.29, 1.82) is 0 Å². The van der Waals surface area contributed by atoms with Gasteiger partial charge in [0.15, 0.2) is 0 Å². The van der Waals surface area contributed by atoms with Gasteiger partial charge in [-0.2, -0.15) is 0 Å². The molecule has 0 N–H and O–H groups in total. The van der Waals surface area contributed by atoms with Gasteiger partial charge in [0, 0.05) is 10.0 Å². The summed E-state index contributed by atoms with van der Waals surface area (Å²) >= 11 is 3.15. The van der Waals surface area contributed by atoms with Crippen molar-refractivity contribution in [2.45, 2.75) is 6.67 Å². The molecule has 0 amide bonds. The van der Waals surface area contributed by atoms with Crippen molar-refractivity contribution >= 4 is 22.2 Å². The summed E-state index contributed by atoms with van der Waals surface area (Å²) in [5.41, 5.74) is 1.12. The largest absolute Gasteiger partial charge is 0.298 e. The summed E-state index contributed by atoms with van der Waals surface area (Å²) in [6, 6.07) is 4.78. The Kier molecular flexibility index (Phi) is 2.76. The Labute approximate surface area is 72.4 Å². The quantitative estimate of drug-likeness (QED) is 0.696. The molecule has 1 rings (SSSR count). The van der Waals surface area contributed by atoms with Crippen LogP contribution in [-0.2, 0) is 6.67 Å². The standard InChI is InChI=1S/C8H6BrFO/c9-8-3-6(5-11)1-2-7(8)4-10/h1-3,5H,4H2. The highest BCUT2D eigenvalue weighted by Crippen LogP contribution is 2.18. The van der Waals surface area contributed by atoms with Crippen molar-refractivity contribution < 1.29 is 9.18 Å². The maximum Gasteiger partial charge on any atom is 0.150 e. The minimum absolute atomic E-state index is 0.514. The second-order valence-electron chi connectivity index (χ2n) is 2.10. The van der Waals surface area contributed by atoms with E-state index in [9.17, 15) is 9.18 Å². The number of aldehydes is 1. The number of alkyl halides is 1. The molecular weight excluding hydrogens is 211 g/mol. The Bertz CT molecular complexity index is 273. The normalized spacial score (nSPS) is 9.64. The minimum Gasteiger partial charge on any atom is -0.298 e. The van der Waals surface area contributed by atoms with E-state index in [1.165, 1.54) is 0 Å². The van der Waals surface area contributed by atoms with Crippen LogP contribution in [0.1, 0.15) is 15.9 Å². The number of carbonyl (C=O) groups is 1. The fourth-order valence-electron chi connectivity index (χ4n) is 0.745. The van der Waals surface area contributed by atoms with Crippen LogP contribution in [0.3, 0.4) is 0 Å². The van der Waals surface area contributed by atoms with Crippen LogP contribution < -0.4 is 0 Å². The molecule has 3 heteroatoms. The molecule has 1 nitrogen and oxygen atoms in total. The average Bonchev–Trinajstić information content (AvgIpc) is 2.04. The molecule has 1 aromatic rings. The van der Waals surface area contributed by atoms with Crippen LogP contribution in [0.4, 0.5) is 4.39 Å². The third-order valence-corrected chi connectivity index (χ3v) is 2.10. The minimum atomic E-state index is -0.514. The van der Waals surface area contributed by atoms with Gasteiger partial charge < -0.3 is 0 Å². The lowest BCUT2D eigenvalue weighted by molar-refractivity contribution is 0.112. The lowest BCUT2D eigenvalue weighted by atomic mass is 10.2. The fourth-order valence-corrected chi connectivity index (χ4v) is 1.25. The van der Waals surface area contributed by atoms with Gasteiger partial charge in [-0.15, -0.1) is 0 Å². The van der Waals surface area contributed by atoms with E-state index in [1.54, 1.807) is 18.2 Å². The Morgan fingerprint density at radius 1 is 1.55 bits per heavy atom. The highest BCUT2D eigenvalue weighted by molar-refractivity contribution is 9.10. The van der Waals surface area contributed by atoms with Gasteiger partial charge in [-0.25, -0.2) is 4.39 Å². The molecule has 0 atom stereocenters. The zero-order chi connectivity index (χ0) is 8.27. The molecule has 0 saturated carbocycles. The molecule has 0 spiro atoms. The van der Waals surface area contributed by atoms with Gasteiger partial charge >= 0.3 is 0 Å². The molecule has 0 fully saturated rings. The van der Waals surface area contributed by atoms with Crippen LogP contribution in [0.15, 0.2) is 22.7 Å². The first-order valence-electron chi connectivity index (χ1n) is 3.07. The van der Waals surface area contributed by atoms with Gasteiger partial charge in [0.05, 0.1) is 0 Å². The van der Waals surface area contributed by atoms with Crippen LogP contribution in [0, 0.1) is 0 Å². The van der Waals surface area contributed by atoms with Crippen LogP contribution in [0.2, 0.25) is 0 Å². The van der Waals surface area contributed by atoms with Crippen molar-refractivity contribution in [1.82, 2.24) is 0 Å². The summed E-state index contributed by atoms with van der Waals surface area (Å²) in [5.74, 6) is 0. The summed E-state index contributed by atoms with van der Waals surface area (Å²) in [6.07, 6.45) is 0.729. The van der Waals surface area contributed by atoms with E-state index >= 15 is 0 Å².